The summed E-state index contributed by atoms with van der Waals surface area (Å²) in [6.45, 7) is 17.2. The molecule has 2 heteroatoms. The molecular weight excluding hydrogens is 190 g/mol. The molecule has 1 unspecified atom stereocenters. The van der Waals surface area contributed by atoms with Crippen LogP contribution in [0, 0.1) is 5.92 Å². The van der Waals surface area contributed by atoms with Gasteiger partial charge in [-0.1, -0.05) is 66.2 Å². The molecule has 0 aromatic carbocycles. The maximum atomic E-state index is 4.31. The molecule has 0 aliphatic rings. The van der Waals surface area contributed by atoms with Gasteiger partial charge in [-0.25, -0.2) is 0 Å². The van der Waals surface area contributed by atoms with Gasteiger partial charge in [0.1, 0.15) is 6.71 Å². The van der Waals surface area contributed by atoms with Crippen LogP contribution in [0.2, 0.25) is 33.6 Å². The predicted molar refractivity (Wildman–Crippen MR) is 81.2 cm³/mol. The van der Waals surface area contributed by atoms with Gasteiger partial charge in [-0.2, -0.15) is 0 Å². The SMILES string of the molecule is C=C(B(C)C)C(CCCCCC)CB(C)C. The van der Waals surface area contributed by atoms with E-state index in [-0.39, 0.29) is 0 Å². The molecule has 0 rings (SSSR count). The zero-order valence-corrected chi connectivity index (χ0v) is 12.2. The van der Waals surface area contributed by atoms with Gasteiger partial charge in [0.25, 0.3) is 0 Å². The fourth-order valence-electron chi connectivity index (χ4n) is 2.31. The van der Waals surface area contributed by atoms with Crippen LogP contribution in [0.1, 0.15) is 39.0 Å². The van der Waals surface area contributed by atoms with E-state index in [4.69, 9.17) is 0 Å². The average molecular weight is 220 g/mol. The number of hydrogen-bond donors (Lipinski definition) is 0. The minimum absolute atomic E-state index is 0.648. The molecule has 0 aromatic rings. The first kappa shape index (κ1) is 15.9. The molecule has 0 aromatic heterocycles. The van der Waals surface area contributed by atoms with Crippen molar-refractivity contribution >= 4 is 13.4 Å². The summed E-state index contributed by atoms with van der Waals surface area (Å²) in [6, 6.07) is 0. The summed E-state index contributed by atoms with van der Waals surface area (Å²) in [5.41, 5.74) is 1.48. The number of rotatable bonds is 9. The summed E-state index contributed by atoms with van der Waals surface area (Å²) in [7, 11) is 0. The zero-order valence-electron chi connectivity index (χ0n) is 12.2. The van der Waals surface area contributed by atoms with Gasteiger partial charge in [0.05, 0.1) is 0 Å². The second kappa shape index (κ2) is 8.96. The van der Waals surface area contributed by atoms with Gasteiger partial charge in [0.2, 0.25) is 0 Å². The lowest BCUT2D eigenvalue weighted by atomic mass is 9.41. The van der Waals surface area contributed by atoms with Crippen LogP contribution in [-0.2, 0) is 0 Å². The standard InChI is InChI=1S/C14H30B2/c1-7-8-9-10-11-14(12-15(3)4)13(2)16(5)6/h14H,2,7-12H2,1,3-6H3. The average Bonchev–Trinajstić information content (AvgIpc) is 2.20. The minimum Gasteiger partial charge on any atom is -0.108 e. The lowest BCUT2D eigenvalue weighted by molar-refractivity contribution is 0.552. The van der Waals surface area contributed by atoms with Crippen LogP contribution in [0.15, 0.2) is 12.1 Å². The van der Waals surface area contributed by atoms with E-state index >= 15 is 0 Å². The topological polar surface area (TPSA) is 0 Å². The number of unbranched alkanes of at least 4 members (excludes halogenated alkanes) is 3. The highest BCUT2D eigenvalue weighted by molar-refractivity contribution is 6.64. The van der Waals surface area contributed by atoms with E-state index in [0.29, 0.717) is 6.71 Å². The van der Waals surface area contributed by atoms with Gasteiger partial charge >= 0.3 is 0 Å². The molecule has 0 heterocycles. The van der Waals surface area contributed by atoms with Crippen LogP contribution >= 0.6 is 0 Å². The van der Waals surface area contributed by atoms with Crippen molar-refractivity contribution in [1.29, 1.82) is 0 Å². The van der Waals surface area contributed by atoms with Gasteiger partial charge in [-0.3, -0.25) is 0 Å². The monoisotopic (exact) mass is 220 g/mol. The Hall–Kier alpha value is -0.130. The molecule has 0 amide bonds. The van der Waals surface area contributed by atoms with Crippen LogP contribution in [0.3, 0.4) is 0 Å². The van der Waals surface area contributed by atoms with Crippen molar-refractivity contribution in [1.82, 2.24) is 0 Å². The van der Waals surface area contributed by atoms with Crippen molar-refractivity contribution in [3.63, 3.8) is 0 Å². The van der Waals surface area contributed by atoms with Crippen LogP contribution in [0.25, 0.3) is 0 Å². The molecule has 0 aliphatic heterocycles. The maximum absolute atomic E-state index is 4.31. The molecule has 0 radical (unpaired) electrons. The van der Waals surface area contributed by atoms with Gasteiger partial charge in [-0.15, -0.1) is 12.1 Å². The first-order chi connectivity index (χ1) is 7.49. The molecule has 0 saturated heterocycles. The fourth-order valence-corrected chi connectivity index (χ4v) is 2.31. The maximum Gasteiger partial charge on any atom is 0.163 e. The summed E-state index contributed by atoms with van der Waals surface area (Å²) in [4.78, 5) is 0. The van der Waals surface area contributed by atoms with Gasteiger partial charge in [0.15, 0.2) is 6.71 Å². The molecule has 0 N–H and O–H groups in total. The lowest BCUT2D eigenvalue weighted by Crippen LogP contribution is -2.19. The quantitative estimate of drug-likeness (QED) is 0.371. The Balaban J connectivity index is 4.05. The second-order valence-corrected chi connectivity index (χ2v) is 5.91. The third kappa shape index (κ3) is 7.19. The summed E-state index contributed by atoms with van der Waals surface area (Å²) in [5.74, 6) is 0.761. The predicted octanol–water partition coefficient (Wildman–Crippen LogP) is 5.18. The fraction of sp³-hybridized carbons (Fsp3) is 0.857. The largest absolute Gasteiger partial charge is 0.163 e. The molecule has 0 bridgehead atoms. The Morgan fingerprint density at radius 2 is 1.69 bits per heavy atom. The molecule has 16 heavy (non-hydrogen) atoms. The summed E-state index contributed by atoms with van der Waals surface area (Å²) >= 11 is 0. The van der Waals surface area contributed by atoms with E-state index in [2.05, 4.69) is 40.8 Å². The van der Waals surface area contributed by atoms with Crippen LogP contribution in [0.5, 0.6) is 0 Å². The number of allylic oxidation sites excluding steroid dienone is 1. The second-order valence-electron chi connectivity index (χ2n) is 5.91. The zero-order chi connectivity index (χ0) is 12.6. The first-order valence-corrected chi connectivity index (χ1v) is 7.17. The molecule has 0 nitrogen and oxygen atoms in total. The van der Waals surface area contributed by atoms with Gasteiger partial charge < -0.3 is 0 Å². The molecule has 0 fully saturated rings. The summed E-state index contributed by atoms with van der Waals surface area (Å²) < 4.78 is 0. The van der Waals surface area contributed by atoms with Crippen LogP contribution in [-0.4, -0.2) is 13.4 Å². The lowest BCUT2D eigenvalue weighted by Gasteiger charge is -2.22. The third-order valence-corrected chi connectivity index (χ3v) is 3.43. The molecular formula is C14H30B2. The van der Waals surface area contributed by atoms with Gasteiger partial charge in [-0.05, 0) is 12.3 Å². The van der Waals surface area contributed by atoms with Crippen molar-refractivity contribution < 1.29 is 0 Å². The van der Waals surface area contributed by atoms with Crippen molar-refractivity contribution in [3.05, 3.63) is 12.1 Å². The number of hydrogen-bond acceptors (Lipinski definition) is 0. The van der Waals surface area contributed by atoms with E-state index < -0.39 is 0 Å². The van der Waals surface area contributed by atoms with E-state index in [1.807, 2.05) is 0 Å². The van der Waals surface area contributed by atoms with Crippen molar-refractivity contribution in [2.75, 3.05) is 0 Å². The van der Waals surface area contributed by atoms with Crippen LogP contribution < -0.4 is 0 Å². The third-order valence-electron chi connectivity index (χ3n) is 3.43. The summed E-state index contributed by atoms with van der Waals surface area (Å²) in [6.07, 6.45) is 8.19. The highest BCUT2D eigenvalue weighted by Crippen LogP contribution is 2.25. The minimum atomic E-state index is 0.648. The first-order valence-electron chi connectivity index (χ1n) is 7.17. The van der Waals surface area contributed by atoms with E-state index in [1.54, 1.807) is 0 Å². The molecule has 0 spiro atoms. The smallest absolute Gasteiger partial charge is 0.108 e. The molecule has 0 aliphatic carbocycles. The van der Waals surface area contributed by atoms with E-state index in [0.717, 1.165) is 12.6 Å². The molecule has 0 saturated carbocycles. The van der Waals surface area contributed by atoms with Gasteiger partial charge in [0, 0.05) is 0 Å². The molecule has 92 valence electrons. The molecule has 1 atom stereocenters. The Morgan fingerprint density at radius 3 is 2.12 bits per heavy atom. The Labute approximate surface area is 104 Å². The van der Waals surface area contributed by atoms with E-state index in [1.165, 1.54) is 43.9 Å². The van der Waals surface area contributed by atoms with Crippen molar-refractivity contribution in [2.24, 2.45) is 5.92 Å². The summed E-state index contributed by atoms with van der Waals surface area (Å²) in [5, 5.41) is 0. The van der Waals surface area contributed by atoms with Crippen molar-refractivity contribution in [3.8, 4) is 0 Å². The Morgan fingerprint density at radius 1 is 1.06 bits per heavy atom. The van der Waals surface area contributed by atoms with Crippen molar-refractivity contribution in [2.45, 2.75) is 72.6 Å². The normalized spacial score (nSPS) is 12.3. The highest BCUT2D eigenvalue weighted by Gasteiger charge is 2.18. The Kier molecular flexibility index (Phi) is 8.89. The highest BCUT2D eigenvalue weighted by atomic mass is 14.1. The van der Waals surface area contributed by atoms with E-state index in [9.17, 15) is 0 Å². The van der Waals surface area contributed by atoms with Crippen LogP contribution in [0.4, 0.5) is 0 Å². The Bertz CT molecular complexity index is 185.